The number of nitrogens with one attached hydrogen (secondary N) is 1. The van der Waals surface area contributed by atoms with Crippen molar-refractivity contribution in [2.75, 3.05) is 5.32 Å². The monoisotopic (exact) mass is 435 g/mol. The van der Waals surface area contributed by atoms with Gasteiger partial charge in [-0.05, 0) is 17.7 Å². The first-order valence-electron chi connectivity index (χ1n) is 9.76. The van der Waals surface area contributed by atoms with E-state index in [4.69, 9.17) is 11.6 Å². The van der Waals surface area contributed by atoms with Crippen molar-refractivity contribution in [2.45, 2.75) is 32.7 Å². The van der Waals surface area contributed by atoms with Gasteiger partial charge in [0.1, 0.15) is 5.82 Å². The molecule has 4 aromatic rings. The van der Waals surface area contributed by atoms with Crippen LogP contribution >= 0.6 is 11.6 Å². The third kappa shape index (κ3) is 4.64. The minimum absolute atomic E-state index is 0.209. The zero-order chi connectivity index (χ0) is 22.0. The first-order valence-corrected chi connectivity index (χ1v) is 10.1. The molecular formula is C22H22ClN7O. The van der Waals surface area contributed by atoms with Crippen LogP contribution < -0.4 is 5.32 Å². The summed E-state index contributed by atoms with van der Waals surface area (Å²) in [6.07, 6.45) is 6.47. The molecule has 0 aliphatic heterocycles. The SMILES string of the molecule is CC(C)(C)c1cc(NC(=O)c2cnn(Cc3ccccc3Cl)c2)n(-c2ncccn2)n1. The minimum Gasteiger partial charge on any atom is -0.306 e. The number of carbonyl (C=O) groups is 1. The summed E-state index contributed by atoms with van der Waals surface area (Å²) in [7, 11) is 0. The number of halogens is 1. The van der Waals surface area contributed by atoms with Gasteiger partial charge in [-0.1, -0.05) is 50.6 Å². The van der Waals surface area contributed by atoms with Gasteiger partial charge < -0.3 is 5.32 Å². The summed E-state index contributed by atoms with van der Waals surface area (Å²) < 4.78 is 3.21. The Bertz CT molecular complexity index is 1210. The van der Waals surface area contributed by atoms with Crippen LogP contribution in [0.4, 0.5) is 5.82 Å². The lowest BCUT2D eigenvalue weighted by Gasteiger charge is -2.13. The van der Waals surface area contributed by atoms with Crippen LogP contribution in [0.3, 0.4) is 0 Å². The van der Waals surface area contributed by atoms with E-state index in [-0.39, 0.29) is 11.3 Å². The fourth-order valence-corrected chi connectivity index (χ4v) is 3.14. The summed E-state index contributed by atoms with van der Waals surface area (Å²) >= 11 is 6.22. The smallest absolute Gasteiger partial charge is 0.260 e. The molecule has 0 spiro atoms. The van der Waals surface area contributed by atoms with E-state index >= 15 is 0 Å². The Hall–Kier alpha value is -3.52. The van der Waals surface area contributed by atoms with Crippen molar-refractivity contribution >= 4 is 23.3 Å². The summed E-state index contributed by atoms with van der Waals surface area (Å²) in [5.41, 5.74) is 1.95. The van der Waals surface area contributed by atoms with Gasteiger partial charge >= 0.3 is 0 Å². The van der Waals surface area contributed by atoms with E-state index in [2.05, 4.69) is 46.3 Å². The van der Waals surface area contributed by atoms with Gasteiger partial charge in [-0.2, -0.15) is 14.9 Å². The predicted octanol–water partition coefficient (Wildman–Crippen LogP) is 4.11. The number of amides is 1. The number of benzene rings is 1. The molecule has 8 nitrogen and oxygen atoms in total. The molecule has 3 heterocycles. The first kappa shape index (κ1) is 20.7. The molecule has 31 heavy (non-hydrogen) atoms. The maximum atomic E-state index is 12.9. The van der Waals surface area contributed by atoms with Crippen molar-refractivity contribution in [2.24, 2.45) is 0 Å². The van der Waals surface area contributed by atoms with Crippen LogP contribution in [-0.2, 0) is 12.0 Å². The summed E-state index contributed by atoms with van der Waals surface area (Å²) in [6, 6.07) is 11.1. The maximum Gasteiger partial charge on any atom is 0.260 e. The summed E-state index contributed by atoms with van der Waals surface area (Å²) in [4.78, 5) is 21.4. The highest BCUT2D eigenvalue weighted by Crippen LogP contribution is 2.25. The number of hydrogen-bond acceptors (Lipinski definition) is 5. The van der Waals surface area contributed by atoms with E-state index in [9.17, 15) is 4.79 Å². The molecule has 158 valence electrons. The predicted molar refractivity (Wildman–Crippen MR) is 119 cm³/mol. The summed E-state index contributed by atoms with van der Waals surface area (Å²) in [5.74, 6) is 0.561. The molecule has 0 aliphatic rings. The van der Waals surface area contributed by atoms with E-state index in [1.54, 1.807) is 29.3 Å². The third-order valence-electron chi connectivity index (χ3n) is 4.65. The Morgan fingerprint density at radius 3 is 2.58 bits per heavy atom. The zero-order valence-electron chi connectivity index (χ0n) is 17.5. The Morgan fingerprint density at radius 1 is 1.13 bits per heavy atom. The molecule has 0 unspecified atom stereocenters. The Labute approximate surface area is 184 Å². The Balaban J connectivity index is 1.58. The van der Waals surface area contributed by atoms with Crippen molar-refractivity contribution < 1.29 is 4.79 Å². The van der Waals surface area contributed by atoms with Gasteiger partial charge in [-0.25, -0.2) is 9.97 Å². The van der Waals surface area contributed by atoms with Crippen LogP contribution in [-0.4, -0.2) is 35.4 Å². The fourth-order valence-electron chi connectivity index (χ4n) is 2.95. The molecule has 0 fully saturated rings. The molecule has 0 atom stereocenters. The van der Waals surface area contributed by atoms with E-state index < -0.39 is 0 Å². The van der Waals surface area contributed by atoms with Gasteiger partial charge in [0.2, 0.25) is 0 Å². The number of rotatable bonds is 5. The number of aromatic nitrogens is 6. The molecule has 1 N–H and O–H groups in total. The van der Waals surface area contributed by atoms with Crippen LogP contribution in [0.2, 0.25) is 5.02 Å². The Morgan fingerprint density at radius 2 is 1.87 bits per heavy atom. The van der Waals surface area contributed by atoms with Crippen molar-refractivity contribution in [3.8, 4) is 5.95 Å². The molecule has 1 aromatic carbocycles. The Kier molecular flexibility index (Phi) is 5.56. The van der Waals surface area contributed by atoms with E-state index in [1.807, 2.05) is 30.3 Å². The van der Waals surface area contributed by atoms with Crippen molar-refractivity contribution in [3.05, 3.63) is 83.0 Å². The number of hydrogen-bond donors (Lipinski definition) is 1. The lowest BCUT2D eigenvalue weighted by Crippen LogP contribution is -2.16. The molecule has 0 aliphatic carbocycles. The highest BCUT2D eigenvalue weighted by Gasteiger charge is 2.23. The van der Waals surface area contributed by atoms with Crippen LogP contribution in [0.5, 0.6) is 0 Å². The third-order valence-corrected chi connectivity index (χ3v) is 5.02. The summed E-state index contributed by atoms with van der Waals surface area (Å²) in [6.45, 7) is 6.62. The molecule has 4 rings (SSSR count). The number of anilines is 1. The molecule has 1 amide bonds. The lowest BCUT2D eigenvalue weighted by molar-refractivity contribution is 0.102. The molecule has 0 saturated heterocycles. The van der Waals surface area contributed by atoms with Gasteiger partial charge in [-0.3, -0.25) is 9.48 Å². The van der Waals surface area contributed by atoms with Crippen molar-refractivity contribution in [1.29, 1.82) is 0 Å². The first-order chi connectivity index (χ1) is 14.8. The molecule has 0 saturated carbocycles. The minimum atomic E-state index is -0.303. The van der Waals surface area contributed by atoms with E-state index in [0.717, 1.165) is 11.3 Å². The lowest BCUT2D eigenvalue weighted by atomic mass is 9.92. The van der Waals surface area contributed by atoms with Gasteiger partial charge in [-0.15, -0.1) is 0 Å². The molecule has 0 radical (unpaired) electrons. The normalized spacial score (nSPS) is 11.5. The van der Waals surface area contributed by atoms with Crippen LogP contribution in [0.25, 0.3) is 5.95 Å². The molecule has 0 bridgehead atoms. The summed E-state index contributed by atoms with van der Waals surface area (Å²) in [5, 5.41) is 12.5. The quantitative estimate of drug-likeness (QED) is 0.509. The van der Waals surface area contributed by atoms with E-state index in [0.29, 0.717) is 28.9 Å². The van der Waals surface area contributed by atoms with Crippen LogP contribution in [0, 0.1) is 0 Å². The fraction of sp³-hybridized carbons (Fsp3) is 0.227. The number of carbonyl (C=O) groups excluding carboxylic acids is 1. The largest absolute Gasteiger partial charge is 0.306 e. The second-order valence-electron chi connectivity index (χ2n) is 8.10. The molecular weight excluding hydrogens is 414 g/mol. The van der Waals surface area contributed by atoms with E-state index in [1.165, 1.54) is 10.9 Å². The zero-order valence-corrected chi connectivity index (χ0v) is 18.2. The van der Waals surface area contributed by atoms with Crippen molar-refractivity contribution in [3.63, 3.8) is 0 Å². The van der Waals surface area contributed by atoms with Crippen LogP contribution in [0.15, 0.2) is 61.2 Å². The van der Waals surface area contributed by atoms with Gasteiger partial charge in [0, 0.05) is 35.1 Å². The van der Waals surface area contributed by atoms with Crippen molar-refractivity contribution in [1.82, 2.24) is 29.5 Å². The van der Waals surface area contributed by atoms with Gasteiger partial charge in [0.15, 0.2) is 0 Å². The number of nitrogens with zero attached hydrogens (tertiary/aromatic N) is 6. The average molecular weight is 436 g/mol. The maximum absolute atomic E-state index is 12.9. The average Bonchev–Trinajstić information content (AvgIpc) is 3.38. The second-order valence-corrected chi connectivity index (χ2v) is 8.50. The molecule has 3 aromatic heterocycles. The van der Waals surface area contributed by atoms with Gasteiger partial charge in [0.25, 0.3) is 11.9 Å². The standard InChI is InChI=1S/C22H22ClN7O/c1-22(2,3)18-11-19(30(28-18)21-24-9-6-10-25-21)27-20(31)16-12-26-29(14-16)13-15-7-4-5-8-17(15)23/h4-12,14H,13H2,1-3H3,(H,27,31). The molecule has 9 heteroatoms. The topological polar surface area (TPSA) is 90.5 Å². The van der Waals surface area contributed by atoms with Crippen LogP contribution in [0.1, 0.15) is 42.4 Å². The highest BCUT2D eigenvalue weighted by molar-refractivity contribution is 6.31. The highest BCUT2D eigenvalue weighted by atomic mass is 35.5. The van der Waals surface area contributed by atoms with Gasteiger partial charge in [0.05, 0.1) is 24.0 Å². The second kappa shape index (κ2) is 8.31.